The van der Waals surface area contributed by atoms with Gasteiger partial charge in [-0.15, -0.1) is 0 Å². The first-order valence-electron chi connectivity index (χ1n) is 8.73. The highest BCUT2D eigenvalue weighted by Gasteiger charge is 2.19. The maximum atomic E-state index is 12.3. The SMILES string of the molecule is CN(C)S(=O)(=O)c1ccc2oc(SCc3nc(Cc4ccccc4)no3)nc2c1. The van der Waals surface area contributed by atoms with E-state index < -0.39 is 10.0 Å². The lowest BCUT2D eigenvalue weighted by atomic mass is 10.1. The van der Waals surface area contributed by atoms with Gasteiger partial charge in [-0.05, 0) is 23.8 Å². The molecule has 0 amide bonds. The van der Waals surface area contributed by atoms with Gasteiger partial charge in [0.1, 0.15) is 5.52 Å². The number of aromatic nitrogens is 3. The maximum Gasteiger partial charge on any atom is 0.257 e. The molecule has 2 heterocycles. The van der Waals surface area contributed by atoms with Crippen LogP contribution in [0.25, 0.3) is 11.1 Å². The molecule has 0 aliphatic heterocycles. The van der Waals surface area contributed by atoms with Crippen molar-refractivity contribution in [2.45, 2.75) is 22.3 Å². The molecule has 0 unspecified atom stereocenters. The molecule has 0 aliphatic carbocycles. The van der Waals surface area contributed by atoms with Crippen LogP contribution in [0.5, 0.6) is 0 Å². The Balaban J connectivity index is 1.45. The average Bonchev–Trinajstić information content (AvgIpc) is 3.32. The summed E-state index contributed by atoms with van der Waals surface area (Å²) in [5.41, 5.74) is 2.10. The first-order valence-corrected chi connectivity index (χ1v) is 11.2. The topological polar surface area (TPSA) is 102 Å². The van der Waals surface area contributed by atoms with Crippen LogP contribution in [0.3, 0.4) is 0 Å². The summed E-state index contributed by atoms with van der Waals surface area (Å²) in [6, 6.07) is 14.5. The minimum atomic E-state index is -3.53. The Kier molecular flexibility index (Phi) is 5.39. The van der Waals surface area contributed by atoms with Gasteiger partial charge in [0.25, 0.3) is 5.22 Å². The van der Waals surface area contributed by atoms with Gasteiger partial charge in [0, 0.05) is 20.5 Å². The number of oxazole rings is 1. The van der Waals surface area contributed by atoms with Gasteiger partial charge in [0.2, 0.25) is 15.9 Å². The minimum Gasteiger partial charge on any atom is -0.431 e. The first-order chi connectivity index (χ1) is 13.9. The van der Waals surface area contributed by atoms with Gasteiger partial charge < -0.3 is 8.94 Å². The van der Waals surface area contributed by atoms with Crippen molar-refractivity contribution < 1.29 is 17.4 Å². The standard InChI is InChI=1S/C19H18N4O4S2/c1-23(2)29(24,25)14-8-9-16-15(11-14)20-19(26-16)28-12-18-21-17(22-27-18)10-13-6-4-3-5-7-13/h3-9,11H,10,12H2,1-2H3. The van der Waals surface area contributed by atoms with Gasteiger partial charge in [0.05, 0.1) is 10.6 Å². The molecule has 0 bridgehead atoms. The van der Waals surface area contributed by atoms with E-state index in [9.17, 15) is 8.42 Å². The number of hydrogen-bond acceptors (Lipinski definition) is 8. The lowest BCUT2D eigenvalue weighted by Crippen LogP contribution is -2.22. The quantitative estimate of drug-likeness (QED) is 0.411. The van der Waals surface area contributed by atoms with Crippen LogP contribution in [0, 0.1) is 0 Å². The molecule has 10 heteroatoms. The molecule has 8 nitrogen and oxygen atoms in total. The Morgan fingerprint density at radius 2 is 1.86 bits per heavy atom. The Morgan fingerprint density at radius 1 is 1.07 bits per heavy atom. The van der Waals surface area contributed by atoms with E-state index in [1.165, 1.54) is 38.0 Å². The largest absolute Gasteiger partial charge is 0.431 e. The van der Waals surface area contributed by atoms with Gasteiger partial charge in [0.15, 0.2) is 11.4 Å². The fourth-order valence-electron chi connectivity index (χ4n) is 2.64. The molecule has 0 N–H and O–H groups in total. The molecule has 4 rings (SSSR count). The average molecular weight is 431 g/mol. The summed E-state index contributed by atoms with van der Waals surface area (Å²) in [6.45, 7) is 0. The molecule has 0 fully saturated rings. The van der Waals surface area contributed by atoms with Gasteiger partial charge in [-0.1, -0.05) is 47.3 Å². The zero-order valence-corrected chi connectivity index (χ0v) is 17.4. The van der Waals surface area contributed by atoms with Crippen LogP contribution < -0.4 is 0 Å². The fraction of sp³-hybridized carbons (Fsp3) is 0.211. The second-order valence-electron chi connectivity index (χ2n) is 6.45. The van der Waals surface area contributed by atoms with Crippen molar-refractivity contribution in [2.24, 2.45) is 0 Å². The summed E-state index contributed by atoms with van der Waals surface area (Å²) >= 11 is 1.30. The number of fused-ring (bicyclic) bond motifs is 1. The normalized spacial score (nSPS) is 12.1. The zero-order chi connectivity index (χ0) is 20.4. The molecular weight excluding hydrogens is 412 g/mol. The Hall–Kier alpha value is -2.69. The van der Waals surface area contributed by atoms with Crippen molar-refractivity contribution in [3.8, 4) is 0 Å². The van der Waals surface area contributed by atoms with E-state index in [0.29, 0.717) is 40.2 Å². The van der Waals surface area contributed by atoms with E-state index in [1.807, 2.05) is 30.3 Å². The van der Waals surface area contributed by atoms with Crippen molar-refractivity contribution >= 4 is 32.9 Å². The summed E-state index contributed by atoms with van der Waals surface area (Å²) in [6.07, 6.45) is 0.598. The Labute approximate surface area is 172 Å². The van der Waals surface area contributed by atoms with Crippen molar-refractivity contribution in [3.05, 3.63) is 65.8 Å². The highest BCUT2D eigenvalue weighted by atomic mass is 32.2. The molecule has 2 aromatic heterocycles. The van der Waals surface area contributed by atoms with E-state index in [1.54, 1.807) is 6.07 Å². The van der Waals surface area contributed by atoms with Crippen molar-refractivity contribution in [3.63, 3.8) is 0 Å². The molecular formula is C19H18N4O4S2. The monoisotopic (exact) mass is 430 g/mol. The van der Waals surface area contributed by atoms with E-state index in [0.717, 1.165) is 9.87 Å². The molecule has 0 atom stereocenters. The number of thioether (sulfide) groups is 1. The van der Waals surface area contributed by atoms with Crippen LogP contribution in [0.15, 0.2) is 67.6 Å². The molecule has 0 saturated carbocycles. The number of sulfonamides is 1. The number of benzene rings is 2. The molecule has 0 aliphatic rings. The van der Waals surface area contributed by atoms with E-state index in [2.05, 4.69) is 15.1 Å². The summed E-state index contributed by atoms with van der Waals surface area (Å²) in [4.78, 5) is 8.92. The van der Waals surface area contributed by atoms with E-state index in [4.69, 9.17) is 8.94 Å². The second kappa shape index (κ2) is 7.97. The van der Waals surface area contributed by atoms with Crippen molar-refractivity contribution in [1.82, 2.24) is 19.4 Å². The minimum absolute atomic E-state index is 0.169. The highest BCUT2D eigenvalue weighted by molar-refractivity contribution is 7.98. The Bertz CT molecular complexity index is 1230. The first kappa shape index (κ1) is 19.6. The van der Waals surface area contributed by atoms with Crippen LogP contribution in [0.1, 0.15) is 17.3 Å². The lowest BCUT2D eigenvalue weighted by molar-refractivity contribution is 0.385. The predicted molar refractivity (Wildman–Crippen MR) is 108 cm³/mol. The number of nitrogens with zero attached hydrogens (tertiary/aromatic N) is 4. The van der Waals surface area contributed by atoms with E-state index >= 15 is 0 Å². The predicted octanol–water partition coefficient (Wildman–Crippen LogP) is 3.34. The third-order valence-electron chi connectivity index (χ3n) is 4.15. The summed E-state index contributed by atoms with van der Waals surface area (Å²) < 4.78 is 36.6. The molecule has 29 heavy (non-hydrogen) atoms. The molecule has 150 valence electrons. The summed E-state index contributed by atoms with van der Waals surface area (Å²) in [5, 5.41) is 4.40. The summed E-state index contributed by atoms with van der Waals surface area (Å²) in [7, 11) is -0.554. The highest BCUT2D eigenvalue weighted by Crippen LogP contribution is 2.28. The van der Waals surface area contributed by atoms with Crippen LogP contribution in [0.4, 0.5) is 0 Å². The van der Waals surface area contributed by atoms with Gasteiger partial charge >= 0.3 is 0 Å². The number of rotatable bonds is 7. The van der Waals surface area contributed by atoms with Gasteiger partial charge in [-0.25, -0.2) is 17.7 Å². The third-order valence-corrected chi connectivity index (χ3v) is 6.78. The molecule has 2 aromatic carbocycles. The molecule has 4 aromatic rings. The van der Waals surface area contributed by atoms with Gasteiger partial charge in [-0.3, -0.25) is 0 Å². The third kappa shape index (κ3) is 4.34. The lowest BCUT2D eigenvalue weighted by Gasteiger charge is -2.10. The van der Waals surface area contributed by atoms with Crippen LogP contribution in [0.2, 0.25) is 0 Å². The molecule has 0 radical (unpaired) electrons. The maximum absolute atomic E-state index is 12.3. The molecule has 0 spiro atoms. The second-order valence-corrected chi connectivity index (χ2v) is 9.53. The Morgan fingerprint density at radius 3 is 2.62 bits per heavy atom. The van der Waals surface area contributed by atoms with Crippen LogP contribution >= 0.6 is 11.8 Å². The summed E-state index contributed by atoms with van der Waals surface area (Å²) in [5.74, 6) is 1.49. The van der Waals surface area contributed by atoms with Crippen LogP contribution in [-0.4, -0.2) is 41.9 Å². The molecule has 0 saturated heterocycles. The van der Waals surface area contributed by atoms with E-state index in [-0.39, 0.29) is 4.90 Å². The smallest absolute Gasteiger partial charge is 0.257 e. The van der Waals surface area contributed by atoms with Crippen molar-refractivity contribution in [1.29, 1.82) is 0 Å². The van der Waals surface area contributed by atoms with Crippen molar-refractivity contribution in [2.75, 3.05) is 14.1 Å². The fourth-order valence-corrected chi connectivity index (χ4v) is 4.24. The zero-order valence-electron chi connectivity index (χ0n) is 15.8. The number of hydrogen-bond donors (Lipinski definition) is 0. The van der Waals surface area contributed by atoms with Crippen LogP contribution in [-0.2, 0) is 22.2 Å². The van der Waals surface area contributed by atoms with Gasteiger partial charge in [-0.2, -0.15) is 4.98 Å².